The van der Waals surface area contributed by atoms with Crippen molar-refractivity contribution in [1.29, 1.82) is 5.26 Å². The summed E-state index contributed by atoms with van der Waals surface area (Å²) in [5.41, 5.74) is 0.453. The highest BCUT2D eigenvalue weighted by Gasteiger charge is 2.32. The molecule has 0 saturated heterocycles. The molecule has 0 aliphatic heterocycles. The highest BCUT2D eigenvalue weighted by molar-refractivity contribution is 5.27. The molecule has 2 aliphatic rings. The summed E-state index contributed by atoms with van der Waals surface area (Å²) in [6.45, 7) is 0. The zero-order chi connectivity index (χ0) is 20.9. The zero-order valence-corrected chi connectivity index (χ0v) is 16.5. The Labute approximate surface area is 170 Å². The van der Waals surface area contributed by atoms with E-state index in [0.29, 0.717) is 17.8 Å². The lowest BCUT2D eigenvalue weighted by Crippen LogP contribution is -2.25. The van der Waals surface area contributed by atoms with E-state index in [9.17, 15) is 17.6 Å². The molecular weight excluding hydrogens is 378 g/mol. The molecule has 0 aromatic heterocycles. The van der Waals surface area contributed by atoms with Gasteiger partial charge in [0.05, 0.1) is 5.56 Å². The van der Waals surface area contributed by atoms with Gasteiger partial charge in [-0.05, 0) is 98.8 Å². The second-order valence-electron chi connectivity index (χ2n) is 8.42. The predicted octanol–water partition coefficient (Wildman–Crippen LogP) is 7.72. The van der Waals surface area contributed by atoms with Crippen LogP contribution < -0.4 is 0 Å². The number of hydrogen-bond acceptors (Lipinski definition) is 1. The molecule has 1 nitrogen and oxygen atoms in total. The molecule has 0 radical (unpaired) electrons. The number of nitriles is 1. The fraction of sp³-hybridized carbons (Fsp3) is 0.542. The number of alkyl halides is 3. The normalized spacial score (nSPS) is 29.0. The zero-order valence-electron chi connectivity index (χ0n) is 16.5. The predicted molar refractivity (Wildman–Crippen MR) is 106 cm³/mol. The van der Waals surface area contributed by atoms with Crippen molar-refractivity contribution in [1.82, 2.24) is 0 Å². The molecule has 1 aromatic rings. The average Bonchev–Trinajstić information content (AvgIpc) is 2.74. The van der Waals surface area contributed by atoms with Crippen LogP contribution in [0.2, 0.25) is 0 Å². The van der Waals surface area contributed by atoms with Gasteiger partial charge in [-0.1, -0.05) is 24.3 Å². The van der Waals surface area contributed by atoms with Gasteiger partial charge in [-0.3, -0.25) is 0 Å². The van der Waals surface area contributed by atoms with Gasteiger partial charge in [-0.2, -0.15) is 22.8 Å². The molecule has 2 fully saturated rings. The van der Waals surface area contributed by atoms with Crippen molar-refractivity contribution >= 4 is 0 Å². The van der Waals surface area contributed by atoms with Gasteiger partial charge in [0, 0.05) is 0 Å². The lowest BCUT2D eigenvalue weighted by atomic mass is 9.68. The summed E-state index contributed by atoms with van der Waals surface area (Å²) >= 11 is 0. The Morgan fingerprint density at radius 3 is 1.97 bits per heavy atom. The van der Waals surface area contributed by atoms with Crippen LogP contribution >= 0.6 is 0 Å². The van der Waals surface area contributed by atoms with Crippen molar-refractivity contribution in [2.45, 2.75) is 63.5 Å². The summed E-state index contributed by atoms with van der Waals surface area (Å²) in [6.07, 6.45) is 9.54. The van der Waals surface area contributed by atoms with Crippen molar-refractivity contribution in [2.75, 3.05) is 0 Å². The topological polar surface area (TPSA) is 23.8 Å². The average molecular weight is 405 g/mol. The molecule has 1 aromatic carbocycles. The Morgan fingerprint density at radius 2 is 1.45 bits per heavy atom. The summed E-state index contributed by atoms with van der Waals surface area (Å²) < 4.78 is 51.0. The molecule has 0 atom stereocenters. The second-order valence-corrected chi connectivity index (χ2v) is 8.42. The summed E-state index contributed by atoms with van der Waals surface area (Å²) in [6, 6.07) is 7.17. The fourth-order valence-electron chi connectivity index (χ4n) is 5.01. The molecule has 2 saturated carbocycles. The van der Waals surface area contributed by atoms with Crippen LogP contribution in [0.25, 0.3) is 0 Å². The van der Waals surface area contributed by atoms with Crippen LogP contribution in [0.3, 0.4) is 0 Å². The van der Waals surface area contributed by atoms with Gasteiger partial charge in [0.25, 0.3) is 0 Å². The Hall–Kier alpha value is -2.09. The van der Waals surface area contributed by atoms with Crippen LogP contribution in [-0.4, -0.2) is 0 Å². The fourth-order valence-corrected chi connectivity index (χ4v) is 5.01. The molecule has 29 heavy (non-hydrogen) atoms. The van der Waals surface area contributed by atoms with Crippen molar-refractivity contribution in [3.05, 3.63) is 59.4 Å². The number of halogens is 4. The van der Waals surface area contributed by atoms with Crippen molar-refractivity contribution < 1.29 is 17.6 Å². The van der Waals surface area contributed by atoms with Gasteiger partial charge in [0.15, 0.2) is 5.83 Å². The van der Waals surface area contributed by atoms with Crippen LogP contribution in [0.1, 0.15) is 68.4 Å². The van der Waals surface area contributed by atoms with E-state index in [2.05, 4.69) is 0 Å². The maximum atomic E-state index is 12.8. The van der Waals surface area contributed by atoms with E-state index in [4.69, 9.17) is 5.26 Å². The third-order valence-electron chi connectivity index (χ3n) is 6.70. The molecule has 3 rings (SSSR count). The van der Waals surface area contributed by atoms with E-state index in [0.717, 1.165) is 50.0 Å². The van der Waals surface area contributed by atoms with Crippen LogP contribution in [0.15, 0.2) is 48.3 Å². The molecule has 0 amide bonds. The van der Waals surface area contributed by atoms with E-state index in [-0.39, 0.29) is 0 Å². The van der Waals surface area contributed by atoms with Crippen molar-refractivity contribution in [2.24, 2.45) is 17.8 Å². The largest absolute Gasteiger partial charge is 0.416 e. The van der Waals surface area contributed by atoms with E-state index in [1.54, 1.807) is 18.2 Å². The number of nitrogens with zero attached hydrogens (tertiary/aromatic N) is 1. The number of benzene rings is 1. The molecule has 0 bridgehead atoms. The molecule has 0 N–H and O–H groups in total. The van der Waals surface area contributed by atoms with Gasteiger partial charge in [-0.25, -0.2) is 0 Å². The maximum Gasteiger partial charge on any atom is 0.416 e. The first kappa shape index (κ1) is 21.6. The molecule has 0 spiro atoms. The molecule has 2 aliphatic carbocycles. The Bertz CT molecular complexity index is 754. The van der Waals surface area contributed by atoms with Crippen LogP contribution in [0, 0.1) is 29.1 Å². The Balaban J connectivity index is 1.45. The lowest BCUT2D eigenvalue weighted by Gasteiger charge is -2.37. The van der Waals surface area contributed by atoms with Crippen LogP contribution in [-0.2, 0) is 6.18 Å². The van der Waals surface area contributed by atoms with E-state index in [1.807, 2.05) is 6.08 Å². The first-order chi connectivity index (χ1) is 13.9. The van der Waals surface area contributed by atoms with Gasteiger partial charge in [0.2, 0.25) is 0 Å². The summed E-state index contributed by atoms with van der Waals surface area (Å²) in [4.78, 5) is 0. The maximum absolute atomic E-state index is 12.8. The van der Waals surface area contributed by atoms with Gasteiger partial charge in [-0.15, -0.1) is 0 Å². The highest BCUT2D eigenvalue weighted by atomic mass is 19.4. The molecule has 0 unspecified atom stereocenters. The standard InChI is InChI=1S/C24H27F4N/c25-23(16-29)3-1-2-17-4-6-18(7-5-17)19-8-10-20(11-9-19)21-12-14-22(15-13-21)24(26,27)28/h1-3,12-15,17-20H,4-11H2. The molecule has 0 heterocycles. The van der Waals surface area contributed by atoms with Gasteiger partial charge >= 0.3 is 6.18 Å². The van der Waals surface area contributed by atoms with Crippen LogP contribution in [0.4, 0.5) is 17.6 Å². The molecule has 156 valence electrons. The first-order valence-electron chi connectivity index (χ1n) is 10.5. The van der Waals surface area contributed by atoms with Crippen molar-refractivity contribution in [3.8, 4) is 6.07 Å². The SMILES string of the molecule is N#CC(F)=CC=CC1CCC(C2CCC(c3ccc(C(F)(F)F)cc3)CC2)CC1. The van der Waals surface area contributed by atoms with Crippen LogP contribution in [0.5, 0.6) is 0 Å². The third-order valence-corrected chi connectivity index (χ3v) is 6.70. The van der Waals surface area contributed by atoms with E-state index in [1.165, 1.54) is 37.1 Å². The van der Waals surface area contributed by atoms with Gasteiger partial charge < -0.3 is 0 Å². The third kappa shape index (κ3) is 5.95. The highest BCUT2D eigenvalue weighted by Crippen LogP contribution is 2.44. The number of allylic oxidation sites excluding steroid dienone is 4. The minimum Gasteiger partial charge on any atom is -0.195 e. The minimum absolute atomic E-state index is 0.370. The smallest absolute Gasteiger partial charge is 0.195 e. The van der Waals surface area contributed by atoms with E-state index >= 15 is 0 Å². The van der Waals surface area contributed by atoms with E-state index < -0.39 is 17.6 Å². The molecule has 5 heteroatoms. The lowest BCUT2D eigenvalue weighted by molar-refractivity contribution is -0.137. The van der Waals surface area contributed by atoms with Gasteiger partial charge in [0.1, 0.15) is 6.07 Å². The summed E-state index contributed by atoms with van der Waals surface area (Å²) in [5, 5.41) is 8.41. The Kier molecular flexibility index (Phi) is 7.16. The second kappa shape index (κ2) is 9.61. The monoisotopic (exact) mass is 405 g/mol. The number of hydrogen-bond donors (Lipinski definition) is 0. The first-order valence-corrected chi connectivity index (χ1v) is 10.5. The minimum atomic E-state index is -4.27. The quantitative estimate of drug-likeness (QED) is 0.286. The summed E-state index contributed by atoms with van der Waals surface area (Å²) in [5.74, 6) is 1.49. The summed E-state index contributed by atoms with van der Waals surface area (Å²) in [7, 11) is 0. The molecular formula is C24H27F4N. The van der Waals surface area contributed by atoms with Crippen molar-refractivity contribution in [3.63, 3.8) is 0 Å². The number of rotatable bonds is 4. The Morgan fingerprint density at radius 1 is 0.897 bits per heavy atom.